The molecule has 0 spiro atoms. The van der Waals surface area contributed by atoms with Gasteiger partial charge in [-0.15, -0.1) is 0 Å². The van der Waals surface area contributed by atoms with E-state index < -0.39 is 5.82 Å². The number of esters is 1. The molecule has 4 rings (SSSR count). The zero-order chi connectivity index (χ0) is 23.9. The standard InChI is InChI=1S/C30H43FO3/c1-3-5-7-21-10-12-22(13-11-21)23-14-16-26-24(19-23)8-6-9-27(26)30(32)34-29-17-15-25(20-28(29)31)33-18-4-2/h4,15,17,20-24,26-27H,2-3,5-14,16,18-19H2,1H3. The van der Waals surface area contributed by atoms with E-state index in [0.717, 1.165) is 37.0 Å². The van der Waals surface area contributed by atoms with Crippen LogP contribution in [0, 0.1) is 41.3 Å². The molecule has 3 aliphatic rings. The number of halogens is 1. The number of benzene rings is 1. The smallest absolute Gasteiger partial charge is 0.314 e. The van der Waals surface area contributed by atoms with Crippen molar-refractivity contribution >= 4 is 5.97 Å². The third kappa shape index (κ3) is 6.23. The zero-order valence-electron chi connectivity index (χ0n) is 21.0. The third-order valence-electron chi connectivity index (χ3n) is 9.00. The average Bonchev–Trinajstić information content (AvgIpc) is 2.87. The number of ether oxygens (including phenoxy) is 2. The number of unbranched alkanes of at least 4 members (excludes halogenated alkanes) is 1. The second kappa shape index (κ2) is 12.2. The highest BCUT2D eigenvalue weighted by atomic mass is 19.1. The molecule has 4 unspecified atom stereocenters. The predicted octanol–water partition coefficient (Wildman–Crippen LogP) is 8.13. The molecule has 0 aliphatic heterocycles. The molecule has 0 aromatic heterocycles. The van der Waals surface area contributed by atoms with Gasteiger partial charge >= 0.3 is 5.97 Å². The van der Waals surface area contributed by atoms with Gasteiger partial charge in [-0.2, -0.15) is 0 Å². The fraction of sp³-hybridized carbons (Fsp3) is 0.700. The van der Waals surface area contributed by atoms with E-state index in [4.69, 9.17) is 9.47 Å². The van der Waals surface area contributed by atoms with Crippen LogP contribution in [0.4, 0.5) is 4.39 Å². The van der Waals surface area contributed by atoms with E-state index in [1.54, 1.807) is 12.1 Å². The van der Waals surface area contributed by atoms with Gasteiger partial charge in [0.2, 0.25) is 0 Å². The summed E-state index contributed by atoms with van der Waals surface area (Å²) in [6, 6.07) is 4.42. The number of carbonyl (C=O) groups is 1. The molecule has 3 nitrogen and oxygen atoms in total. The van der Waals surface area contributed by atoms with E-state index in [1.165, 1.54) is 76.3 Å². The zero-order valence-corrected chi connectivity index (χ0v) is 21.0. The molecule has 0 radical (unpaired) electrons. The molecule has 0 heterocycles. The minimum Gasteiger partial charge on any atom is -0.489 e. The highest BCUT2D eigenvalue weighted by molar-refractivity contribution is 5.75. The van der Waals surface area contributed by atoms with Gasteiger partial charge in [0.05, 0.1) is 5.92 Å². The summed E-state index contributed by atoms with van der Waals surface area (Å²) in [5.74, 6) is 3.23. The summed E-state index contributed by atoms with van der Waals surface area (Å²) < 4.78 is 25.5. The Morgan fingerprint density at radius 2 is 1.85 bits per heavy atom. The van der Waals surface area contributed by atoms with Crippen molar-refractivity contribution in [3.8, 4) is 11.5 Å². The lowest BCUT2D eigenvalue weighted by molar-refractivity contribution is -0.144. The molecular formula is C30H43FO3. The molecule has 3 fully saturated rings. The van der Waals surface area contributed by atoms with Crippen molar-refractivity contribution in [1.82, 2.24) is 0 Å². The van der Waals surface area contributed by atoms with Crippen LogP contribution in [0.25, 0.3) is 0 Å². The van der Waals surface area contributed by atoms with Crippen LogP contribution in [-0.4, -0.2) is 12.6 Å². The first-order valence-corrected chi connectivity index (χ1v) is 13.8. The molecule has 0 saturated heterocycles. The van der Waals surface area contributed by atoms with Crippen LogP contribution in [-0.2, 0) is 4.79 Å². The van der Waals surface area contributed by atoms with Crippen LogP contribution in [0.2, 0.25) is 0 Å². The summed E-state index contributed by atoms with van der Waals surface area (Å²) in [5.41, 5.74) is 0. The first-order valence-electron chi connectivity index (χ1n) is 13.8. The van der Waals surface area contributed by atoms with Crippen LogP contribution in [0.1, 0.15) is 90.4 Å². The molecule has 1 aromatic carbocycles. The Balaban J connectivity index is 1.30. The highest BCUT2D eigenvalue weighted by Crippen LogP contribution is 2.50. The summed E-state index contributed by atoms with van der Waals surface area (Å²) in [4.78, 5) is 13.1. The second-order valence-electron chi connectivity index (χ2n) is 11.1. The van der Waals surface area contributed by atoms with Crippen LogP contribution >= 0.6 is 0 Å². The maximum atomic E-state index is 14.5. The molecule has 34 heavy (non-hydrogen) atoms. The lowest BCUT2D eigenvalue weighted by atomic mass is 9.59. The monoisotopic (exact) mass is 470 g/mol. The van der Waals surface area contributed by atoms with Gasteiger partial charge in [-0.05, 0) is 80.2 Å². The van der Waals surface area contributed by atoms with Gasteiger partial charge in [0.15, 0.2) is 11.6 Å². The highest BCUT2D eigenvalue weighted by Gasteiger charge is 2.43. The first kappa shape index (κ1) is 25.3. The molecule has 3 aliphatic carbocycles. The van der Waals surface area contributed by atoms with Gasteiger partial charge in [-0.25, -0.2) is 4.39 Å². The quantitative estimate of drug-likeness (QED) is 0.208. The minimum absolute atomic E-state index is 0.00611. The van der Waals surface area contributed by atoms with E-state index in [-0.39, 0.29) is 17.6 Å². The summed E-state index contributed by atoms with van der Waals surface area (Å²) in [7, 11) is 0. The van der Waals surface area contributed by atoms with E-state index in [2.05, 4.69) is 13.5 Å². The predicted molar refractivity (Wildman–Crippen MR) is 134 cm³/mol. The Morgan fingerprint density at radius 1 is 1.06 bits per heavy atom. The topological polar surface area (TPSA) is 35.5 Å². The van der Waals surface area contributed by atoms with E-state index in [0.29, 0.717) is 24.2 Å². The van der Waals surface area contributed by atoms with Gasteiger partial charge < -0.3 is 9.47 Å². The summed E-state index contributed by atoms with van der Waals surface area (Å²) in [6.07, 6.45) is 18.2. The van der Waals surface area contributed by atoms with Crippen molar-refractivity contribution in [2.24, 2.45) is 35.5 Å². The molecule has 188 valence electrons. The van der Waals surface area contributed by atoms with Gasteiger partial charge in [0.1, 0.15) is 12.4 Å². The Labute approximate surface area is 205 Å². The molecule has 0 bridgehead atoms. The lowest BCUT2D eigenvalue weighted by Crippen LogP contribution is -2.40. The van der Waals surface area contributed by atoms with Crippen molar-refractivity contribution in [3.63, 3.8) is 0 Å². The van der Waals surface area contributed by atoms with Crippen LogP contribution in [0.15, 0.2) is 30.9 Å². The van der Waals surface area contributed by atoms with Crippen molar-refractivity contribution in [3.05, 3.63) is 36.7 Å². The summed E-state index contributed by atoms with van der Waals surface area (Å²) in [6.45, 7) is 6.20. The summed E-state index contributed by atoms with van der Waals surface area (Å²) >= 11 is 0. The number of hydrogen-bond donors (Lipinski definition) is 0. The SMILES string of the molecule is C=CCOc1ccc(OC(=O)C2CCCC3CC(C4CCC(CCCC)CC4)CCC32)c(F)c1. The van der Waals surface area contributed by atoms with Crippen LogP contribution in [0.3, 0.4) is 0 Å². The molecule has 0 N–H and O–H groups in total. The fourth-order valence-electron chi connectivity index (χ4n) is 7.15. The Hall–Kier alpha value is -1.84. The molecule has 4 atom stereocenters. The number of fused-ring (bicyclic) bond motifs is 1. The van der Waals surface area contributed by atoms with Gasteiger partial charge in [0, 0.05) is 6.07 Å². The number of hydrogen-bond acceptors (Lipinski definition) is 3. The molecule has 3 saturated carbocycles. The van der Waals surface area contributed by atoms with Gasteiger partial charge in [0.25, 0.3) is 0 Å². The maximum absolute atomic E-state index is 14.5. The van der Waals surface area contributed by atoms with Gasteiger partial charge in [-0.1, -0.05) is 64.5 Å². The van der Waals surface area contributed by atoms with Crippen LogP contribution in [0.5, 0.6) is 11.5 Å². The minimum atomic E-state index is -0.555. The van der Waals surface area contributed by atoms with Gasteiger partial charge in [-0.3, -0.25) is 4.79 Å². The maximum Gasteiger partial charge on any atom is 0.314 e. The molecule has 0 amide bonds. The van der Waals surface area contributed by atoms with Crippen molar-refractivity contribution < 1.29 is 18.7 Å². The largest absolute Gasteiger partial charge is 0.489 e. The third-order valence-corrected chi connectivity index (χ3v) is 9.00. The molecule has 4 heteroatoms. The summed E-state index contributed by atoms with van der Waals surface area (Å²) in [5, 5.41) is 0. The van der Waals surface area contributed by atoms with Crippen molar-refractivity contribution in [2.45, 2.75) is 90.4 Å². The Bertz CT molecular complexity index is 813. The number of carbonyl (C=O) groups excluding carboxylic acids is 1. The molecular weight excluding hydrogens is 427 g/mol. The van der Waals surface area contributed by atoms with Crippen LogP contribution < -0.4 is 9.47 Å². The van der Waals surface area contributed by atoms with E-state index in [1.807, 2.05) is 0 Å². The Morgan fingerprint density at radius 3 is 2.59 bits per heavy atom. The average molecular weight is 471 g/mol. The second-order valence-corrected chi connectivity index (χ2v) is 11.1. The fourth-order valence-corrected chi connectivity index (χ4v) is 7.15. The van der Waals surface area contributed by atoms with Crippen molar-refractivity contribution in [2.75, 3.05) is 6.61 Å². The lowest BCUT2D eigenvalue weighted by Gasteiger charge is -2.46. The van der Waals surface area contributed by atoms with E-state index >= 15 is 0 Å². The molecule has 1 aromatic rings. The van der Waals surface area contributed by atoms with Crippen molar-refractivity contribution in [1.29, 1.82) is 0 Å². The number of rotatable bonds is 9. The first-order chi connectivity index (χ1) is 16.6. The van der Waals surface area contributed by atoms with E-state index in [9.17, 15) is 9.18 Å². The Kier molecular flexibility index (Phi) is 9.08. The normalized spacial score (nSPS) is 31.4.